The van der Waals surface area contributed by atoms with Crippen LogP contribution in [0.1, 0.15) is 50.7 Å². The van der Waals surface area contributed by atoms with E-state index in [-0.39, 0.29) is 11.4 Å². The molecule has 0 heterocycles. The van der Waals surface area contributed by atoms with Crippen molar-refractivity contribution in [2.24, 2.45) is 11.3 Å². The quantitative estimate of drug-likeness (QED) is 0.778. The minimum Gasteiger partial charge on any atom is -0.497 e. The number of aryl methyl sites for hydroxylation is 1. The van der Waals surface area contributed by atoms with Crippen LogP contribution in [0, 0.1) is 11.3 Å². The number of carbonyl (C=O) groups excluding carboxylic acids is 1. The van der Waals surface area contributed by atoms with Gasteiger partial charge in [0.15, 0.2) is 0 Å². The fourth-order valence-electron chi connectivity index (χ4n) is 4.95. The van der Waals surface area contributed by atoms with E-state index in [9.17, 15) is 4.79 Å². The lowest BCUT2D eigenvalue weighted by Gasteiger charge is -2.53. The highest BCUT2D eigenvalue weighted by Crippen LogP contribution is 2.58. The van der Waals surface area contributed by atoms with Gasteiger partial charge < -0.3 is 9.47 Å². The Bertz CT molecular complexity index is 590. The van der Waals surface area contributed by atoms with E-state index >= 15 is 0 Å². The summed E-state index contributed by atoms with van der Waals surface area (Å²) in [4.78, 5) is 12.9. The molecule has 0 spiro atoms. The Kier molecular flexibility index (Phi) is 3.70. The lowest BCUT2D eigenvalue weighted by molar-refractivity contribution is -0.156. The van der Waals surface area contributed by atoms with E-state index in [1.54, 1.807) is 7.11 Å². The zero-order chi connectivity index (χ0) is 16.0. The Hall–Kier alpha value is -1.51. The van der Waals surface area contributed by atoms with Gasteiger partial charge in [-0.25, -0.2) is 0 Å². The van der Waals surface area contributed by atoms with Crippen molar-refractivity contribution >= 4 is 5.97 Å². The Labute approximate surface area is 133 Å². The first-order valence-corrected chi connectivity index (χ1v) is 8.21. The van der Waals surface area contributed by atoms with Crippen LogP contribution in [0.4, 0.5) is 0 Å². The number of methoxy groups -OCH3 is 2. The molecule has 1 saturated carbocycles. The summed E-state index contributed by atoms with van der Waals surface area (Å²) in [6.45, 7) is 4.61. The predicted molar refractivity (Wildman–Crippen MR) is 86.1 cm³/mol. The average molecular weight is 302 g/mol. The Morgan fingerprint density at radius 1 is 1.23 bits per heavy atom. The van der Waals surface area contributed by atoms with Gasteiger partial charge >= 0.3 is 5.97 Å². The van der Waals surface area contributed by atoms with Crippen molar-refractivity contribution in [2.75, 3.05) is 14.2 Å². The lowest BCUT2D eigenvalue weighted by Crippen LogP contribution is -2.54. The third-order valence-electron chi connectivity index (χ3n) is 5.98. The van der Waals surface area contributed by atoms with E-state index in [1.165, 1.54) is 19.1 Å². The number of benzene rings is 1. The topological polar surface area (TPSA) is 35.5 Å². The van der Waals surface area contributed by atoms with Crippen molar-refractivity contribution in [1.82, 2.24) is 0 Å². The minimum atomic E-state index is -0.501. The van der Waals surface area contributed by atoms with Crippen molar-refractivity contribution in [3.05, 3.63) is 29.3 Å². The third-order valence-corrected chi connectivity index (χ3v) is 5.98. The van der Waals surface area contributed by atoms with Crippen molar-refractivity contribution in [2.45, 2.75) is 51.4 Å². The van der Waals surface area contributed by atoms with Gasteiger partial charge in [-0.1, -0.05) is 26.3 Å². The molecule has 0 amide bonds. The molecule has 0 aromatic heterocycles. The highest BCUT2D eigenvalue weighted by atomic mass is 16.5. The number of carbonyl (C=O) groups is 1. The molecule has 2 aliphatic carbocycles. The van der Waals surface area contributed by atoms with Crippen LogP contribution < -0.4 is 4.74 Å². The Balaban J connectivity index is 2.22. The zero-order valence-electron chi connectivity index (χ0n) is 14.1. The fourth-order valence-corrected chi connectivity index (χ4v) is 4.95. The zero-order valence-corrected chi connectivity index (χ0v) is 14.1. The number of esters is 1. The molecule has 0 saturated heterocycles. The van der Waals surface area contributed by atoms with Crippen molar-refractivity contribution in [3.8, 4) is 5.75 Å². The van der Waals surface area contributed by atoms with Crippen LogP contribution in [0.5, 0.6) is 5.75 Å². The predicted octanol–water partition coefficient (Wildman–Crippen LogP) is 3.88. The number of rotatable bonds is 2. The van der Waals surface area contributed by atoms with E-state index in [1.807, 2.05) is 6.07 Å². The molecule has 2 aliphatic rings. The highest BCUT2D eigenvalue weighted by Gasteiger charge is 2.57. The molecular formula is C19H26O3. The van der Waals surface area contributed by atoms with Crippen LogP contribution in [0.3, 0.4) is 0 Å². The van der Waals surface area contributed by atoms with Crippen LogP contribution in [0.2, 0.25) is 0 Å². The fraction of sp³-hybridized carbons (Fsp3) is 0.632. The summed E-state index contributed by atoms with van der Waals surface area (Å²) in [5.41, 5.74) is 2.08. The van der Waals surface area contributed by atoms with Crippen molar-refractivity contribution < 1.29 is 14.3 Å². The van der Waals surface area contributed by atoms with E-state index in [4.69, 9.17) is 9.47 Å². The highest BCUT2D eigenvalue weighted by molar-refractivity contribution is 5.85. The molecule has 3 rings (SSSR count). The summed E-state index contributed by atoms with van der Waals surface area (Å²) in [6.07, 6.45) is 5.21. The molecule has 1 fully saturated rings. The molecule has 2 atom stereocenters. The summed E-state index contributed by atoms with van der Waals surface area (Å²) < 4.78 is 10.7. The normalized spacial score (nSPS) is 29.2. The van der Waals surface area contributed by atoms with Gasteiger partial charge in [0.05, 0.1) is 19.6 Å². The van der Waals surface area contributed by atoms with Crippen LogP contribution in [0.25, 0.3) is 0 Å². The van der Waals surface area contributed by atoms with Gasteiger partial charge in [0.2, 0.25) is 0 Å². The number of ether oxygens (including phenoxy) is 2. The van der Waals surface area contributed by atoms with Crippen LogP contribution >= 0.6 is 0 Å². The molecule has 120 valence electrons. The van der Waals surface area contributed by atoms with Gasteiger partial charge in [0.1, 0.15) is 5.75 Å². The first-order chi connectivity index (χ1) is 10.5. The van der Waals surface area contributed by atoms with Gasteiger partial charge in [-0.3, -0.25) is 4.79 Å². The summed E-state index contributed by atoms with van der Waals surface area (Å²) in [5, 5.41) is 0. The Morgan fingerprint density at radius 3 is 2.68 bits per heavy atom. The second kappa shape index (κ2) is 5.29. The number of fused-ring (bicyclic) bond motifs is 3. The van der Waals surface area contributed by atoms with E-state index in [0.29, 0.717) is 5.92 Å². The van der Waals surface area contributed by atoms with E-state index in [0.717, 1.165) is 37.0 Å². The summed E-state index contributed by atoms with van der Waals surface area (Å²) >= 11 is 0. The van der Waals surface area contributed by atoms with Gasteiger partial charge in [-0.15, -0.1) is 0 Å². The Morgan fingerprint density at radius 2 is 2.00 bits per heavy atom. The smallest absolute Gasteiger partial charge is 0.316 e. The first kappa shape index (κ1) is 15.4. The van der Waals surface area contributed by atoms with Gasteiger partial charge in [-0.05, 0) is 60.3 Å². The van der Waals surface area contributed by atoms with Crippen LogP contribution in [-0.2, 0) is 21.4 Å². The van der Waals surface area contributed by atoms with Crippen LogP contribution in [-0.4, -0.2) is 20.2 Å². The molecule has 0 bridgehead atoms. The van der Waals surface area contributed by atoms with Crippen LogP contribution in [0.15, 0.2) is 18.2 Å². The molecular weight excluding hydrogens is 276 g/mol. The number of hydrogen-bond donors (Lipinski definition) is 0. The molecule has 0 unspecified atom stereocenters. The standard InChI is InChI=1S/C19H26O3/c1-18(2)10-5-11-19(17(20)22-4)15-12-14(21-3)8-6-13(15)7-9-16(18)19/h6,8,12,16H,5,7,9-11H2,1-4H3/t16-,19-/m1/s1. The monoisotopic (exact) mass is 302 g/mol. The maximum absolute atomic E-state index is 12.9. The maximum Gasteiger partial charge on any atom is 0.316 e. The van der Waals surface area contributed by atoms with Gasteiger partial charge in [0.25, 0.3) is 0 Å². The van der Waals surface area contributed by atoms with Crippen molar-refractivity contribution in [3.63, 3.8) is 0 Å². The molecule has 0 radical (unpaired) electrons. The van der Waals surface area contributed by atoms with Crippen molar-refractivity contribution in [1.29, 1.82) is 0 Å². The lowest BCUT2D eigenvalue weighted by atomic mass is 9.49. The molecule has 22 heavy (non-hydrogen) atoms. The van der Waals surface area contributed by atoms with E-state index in [2.05, 4.69) is 26.0 Å². The summed E-state index contributed by atoms with van der Waals surface area (Å²) in [6, 6.07) is 6.19. The maximum atomic E-state index is 12.9. The minimum absolute atomic E-state index is 0.0699. The third kappa shape index (κ3) is 2.05. The molecule has 0 aliphatic heterocycles. The van der Waals surface area contributed by atoms with Gasteiger partial charge in [-0.2, -0.15) is 0 Å². The van der Waals surface area contributed by atoms with E-state index < -0.39 is 5.41 Å². The molecule has 1 aromatic carbocycles. The average Bonchev–Trinajstić information content (AvgIpc) is 2.52. The summed E-state index contributed by atoms with van der Waals surface area (Å²) in [5.74, 6) is 1.09. The van der Waals surface area contributed by atoms with Gasteiger partial charge in [0, 0.05) is 0 Å². The number of hydrogen-bond acceptors (Lipinski definition) is 3. The molecule has 0 N–H and O–H groups in total. The molecule has 3 nitrogen and oxygen atoms in total. The molecule has 1 aromatic rings. The second-order valence-electron chi connectivity index (χ2n) is 7.42. The summed E-state index contributed by atoms with van der Waals surface area (Å²) in [7, 11) is 3.20. The second-order valence-corrected chi connectivity index (χ2v) is 7.42. The molecule has 3 heteroatoms. The largest absolute Gasteiger partial charge is 0.497 e. The first-order valence-electron chi connectivity index (χ1n) is 8.21. The SMILES string of the molecule is COC(=O)[C@@]12CCCC(C)(C)[C@H]1CCc1ccc(OC)cc12.